The maximum absolute atomic E-state index is 12.5. The number of alkyl carbamates (subject to hydrolysis) is 1. The van der Waals surface area contributed by atoms with Crippen molar-refractivity contribution in [1.82, 2.24) is 5.32 Å². The number of hydrogen-bond donors (Lipinski definition) is 3. The highest BCUT2D eigenvalue weighted by Gasteiger charge is 2.66. The Morgan fingerprint density at radius 2 is 1.52 bits per heavy atom. The highest BCUT2D eigenvalue weighted by atomic mass is 16.6. The molecule has 0 aliphatic heterocycles. The number of carbonyl (C=O) groups excluding carboxylic acids is 1. The van der Waals surface area contributed by atoms with Gasteiger partial charge < -0.3 is 20.3 Å². The molecule has 0 radical (unpaired) electrons. The average molecular weight is 670 g/mol. The third kappa shape index (κ3) is 6.74. The fourth-order valence-electron chi connectivity index (χ4n) is 12.4. The predicted octanol–water partition coefficient (Wildman–Crippen LogP) is 10.1. The molecule has 4 fully saturated rings. The molecule has 3 N–H and O–H groups in total. The van der Waals surface area contributed by atoms with Crippen LogP contribution >= 0.6 is 0 Å². The van der Waals surface area contributed by atoms with Gasteiger partial charge in [0.15, 0.2) is 0 Å². The second-order valence-electron chi connectivity index (χ2n) is 17.8. The highest BCUT2D eigenvalue weighted by Crippen LogP contribution is 2.73. The van der Waals surface area contributed by atoms with Crippen molar-refractivity contribution in [3.05, 3.63) is 23.3 Å². The monoisotopic (exact) mass is 669 g/mol. The van der Waals surface area contributed by atoms with Crippen LogP contribution < -0.4 is 5.32 Å². The summed E-state index contributed by atoms with van der Waals surface area (Å²) in [5.74, 6) is 1.65. The largest absolute Gasteiger partial charge is 0.481 e. The second-order valence-corrected chi connectivity index (χ2v) is 17.8. The van der Waals surface area contributed by atoms with Crippen LogP contribution in [0.5, 0.6) is 0 Å². The molecule has 48 heavy (non-hydrogen) atoms. The molecule has 0 aromatic carbocycles. The van der Waals surface area contributed by atoms with Gasteiger partial charge in [-0.15, -0.1) is 0 Å². The molecule has 4 unspecified atom stereocenters. The molecular weight excluding hydrogens is 602 g/mol. The van der Waals surface area contributed by atoms with Gasteiger partial charge >= 0.3 is 18.0 Å². The van der Waals surface area contributed by atoms with Gasteiger partial charge in [0.2, 0.25) is 0 Å². The summed E-state index contributed by atoms with van der Waals surface area (Å²) in [5.41, 5.74) is 2.81. The minimum absolute atomic E-state index is 0.101. The van der Waals surface area contributed by atoms with Gasteiger partial charge in [-0.1, -0.05) is 60.1 Å². The summed E-state index contributed by atoms with van der Waals surface area (Å²) in [5, 5.41) is 22.1. The molecule has 6 aliphatic carbocycles. The molecule has 6 rings (SSSR count). The van der Waals surface area contributed by atoms with Gasteiger partial charge in [-0.3, -0.25) is 9.59 Å². The lowest BCUT2D eigenvalue weighted by molar-refractivity contribution is -0.189. The SMILES string of the molecule is CC.CC1(C)C(C2=CCC(C(=O)O)CC2)=CC[C@@]2(C)C1CC[C@@]1(C)C3CC[C@@]4(C(=O)O)CCC[C@@H]4[C@H]3CCC12.CNC(=O)OC(C)(C)C. The van der Waals surface area contributed by atoms with E-state index in [1.54, 1.807) is 0 Å². The topological polar surface area (TPSA) is 113 Å². The van der Waals surface area contributed by atoms with Crippen molar-refractivity contribution in [3.8, 4) is 0 Å². The Hall–Kier alpha value is -2.31. The number of carboxylic acids is 2. The van der Waals surface area contributed by atoms with Crippen LogP contribution in [-0.2, 0) is 14.3 Å². The van der Waals surface area contributed by atoms with Crippen LogP contribution in [0.1, 0.15) is 146 Å². The molecule has 0 bridgehead atoms. The summed E-state index contributed by atoms with van der Waals surface area (Å²) in [4.78, 5) is 34.5. The Balaban J connectivity index is 0.000000413. The molecule has 6 aliphatic rings. The first-order chi connectivity index (χ1) is 22.4. The molecule has 9 atom stereocenters. The Kier molecular flexibility index (Phi) is 11.3. The molecule has 0 heterocycles. The van der Waals surface area contributed by atoms with Gasteiger partial charge in [-0.25, -0.2) is 4.79 Å². The van der Waals surface area contributed by atoms with E-state index in [-0.39, 0.29) is 28.4 Å². The van der Waals surface area contributed by atoms with Crippen LogP contribution in [0.15, 0.2) is 23.3 Å². The summed E-state index contributed by atoms with van der Waals surface area (Å²) in [7, 11) is 1.54. The Bertz CT molecular complexity index is 1280. The second kappa shape index (κ2) is 14.1. The van der Waals surface area contributed by atoms with Crippen molar-refractivity contribution in [3.63, 3.8) is 0 Å². The zero-order valence-electron chi connectivity index (χ0n) is 31.8. The maximum Gasteiger partial charge on any atom is 0.407 e. The molecule has 4 saturated carbocycles. The van der Waals surface area contributed by atoms with Crippen molar-refractivity contribution in [2.75, 3.05) is 7.05 Å². The fourth-order valence-corrected chi connectivity index (χ4v) is 12.4. The third-order valence-electron chi connectivity index (χ3n) is 14.2. The summed E-state index contributed by atoms with van der Waals surface area (Å²) in [6, 6.07) is 0. The van der Waals surface area contributed by atoms with E-state index in [4.69, 9.17) is 4.74 Å². The van der Waals surface area contributed by atoms with E-state index in [0.29, 0.717) is 41.4 Å². The summed E-state index contributed by atoms with van der Waals surface area (Å²) >= 11 is 0. The summed E-state index contributed by atoms with van der Waals surface area (Å²) < 4.78 is 4.84. The van der Waals surface area contributed by atoms with Crippen LogP contribution in [0.25, 0.3) is 0 Å². The summed E-state index contributed by atoms with van der Waals surface area (Å²) in [6.07, 6.45) is 18.1. The lowest BCUT2D eigenvalue weighted by Gasteiger charge is -2.68. The molecule has 0 aromatic heterocycles. The number of hydrogen-bond acceptors (Lipinski definition) is 4. The smallest absolute Gasteiger partial charge is 0.407 e. The van der Waals surface area contributed by atoms with Crippen LogP contribution in [0.4, 0.5) is 4.79 Å². The predicted molar refractivity (Wildman–Crippen MR) is 191 cm³/mol. The van der Waals surface area contributed by atoms with Gasteiger partial charge in [-0.05, 0) is 155 Å². The van der Waals surface area contributed by atoms with Gasteiger partial charge in [0.25, 0.3) is 0 Å². The zero-order chi connectivity index (χ0) is 35.9. The molecule has 7 heteroatoms. The van der Waals surface area contributed by atoms with Gasteiger partial charge in [0.05, 0.1) is 11.3 Å². The molecule has 272 valence electrons. The number of amides is 1. The van der Waals surface area contributed by atoms with E-state index in [1.807, 2.05) is 34.6 Å². The number of allylic oxidation sites excluding steroid dienone is 4. The van der Waals surface area contributed by atoms with E-state index in [1.165, 1.54) is 43.9 Å². The Morgan fingerprint density at radius 1 is 0.833 bits per heavy atom. The fraction of sp³-hybridized carbons (Fsp3) is 0.829. The lowest BCUT2D eigenvalue weighted by Crippen LogP contribution is -2.61. The average Bonchev–Trinajstić information content (AvgIpc) is 3.48. The number of carbonyl (C=O) groups is 3. The van der Waals surface area contributed by atoms with Crippen molar-refractivity contribution in [1.29, 1.82) is 0 Å². The van der Waals surface area contributed by atoms with E-state index >= 15 is 0 Å². The molecule has 0 saturated heterocycles. The molecule has 0 spiro atoms. The first kappa shape index (κ1) is 38.5. The van der Waals surface area contributed by atoms with Gasteiger partial charge in [-0.2, -0.15) is 0 Å². The minimum Gasteiger partial charge on any atom is -0.481 e. The van der Waals surface area contributed by atoms with Crippen LogP contribution in [0, 0.1) is 57.2 Å². The van der Waals surface area contributed by atoms with Crippen molar-refractivity contribution >= 4 is 18.0 Å². The van der Waals surface area contributed by atoms with E-state index in [0.717, 1.165) is 51.4 Å². The number of fused-ring (bicyclic) bond motifs is 7. The van der Waals surface area contributed by atoms with Crippen LogP contribution in [-0.4, -0.2) is 40.9 Å². The first-order valence-corrected chi connectivity index (χ1v) is 19.2. The molecule has 0 aromatic rings. The van der Waals surface area contributed by atoms with E-state index in [2.05, 4.69) is 45.2 Å². The number of aliphatic carboxylic acids is 2. The highest BCUT2D eigenvalue weighted by molar-refractivity contribution is 5.76. The number of nitrogens with one attached hydrogen (secondary N) is 1. The third-order valence-corrected chi connectivity index (χ3v) is 14.2. The number of carboxylic acid groups (broad SMARTS) is 2. The number of rotatable bonds is 3. The quantitative estimate of drug-likeness (QED) is 0.276. The minimum atomic E-state index is -0.650. The normalized spacial score (nSPS) is 39.5. The van der Waals surface area contributed by atoms with Crippen molar-refractivity contribution in [2.45, 2.75) is 151 Å². The molecule has 7 nitrogen and oxygen atoms in total. The maximum atomic E-state index is 12.5. The first-order valence-electron chi connectivity index (χ1n) is 19.2. The van der Waals surface area contributed by atoms with Gasteiger partial charge in [0, 0.05) is 7.05 Å². The molecular formula is C41H67NO6. The molecule has 1 amide bonds. The van der Waals surface area contributed by atoms with Crippen molar-refractivity contribution < 1.29 is 29.3 Å². The summed E-state index contributed by atoms with van der Waals surface area (Å²) in [6.45, 7) is 19.6. The number of ether oxygens (including phenoxy) is 1. The van der Waals surface area contributed by atoms with Crippen LogP contribution in [0.3, 0.4) is 0 Å². The lowest BCUT2D eigenvalue weighted by atomic mass is 9.36. The van der Waals surface area contributed by atoms with Gasteiger partial charge in [0.1, 0.15) is 5.60 Å². The Morgan fingerprint density at radius 3 is 2.06 bits per heavy atom. The standard InChI is InChI=1S/C33H48O4.C6H13NO2.C2H6/c1-30(2)23(20-7-9-21(10-8-20)28(34)35)13-17-32(4)26(30)15-18-31(3)24-14-19-33(29(36)37)16-5-6-25(33)22(24)11-12-27(31)32;1-6(2,3)9-5(8)7-4;1-2/h7,13,21-22,24-27H,5-6,8-12,14-19H2,1-4H3,(H,34,35)(H,36,37);1-4H3,(H,7,8);1-2H3/t21?,22-,24?,25+,26?,27?,31-,32-,33-;;/m0../s1. The van der Waals surface area contributed by atoms with Crippen molar-refractivity contribution in [2.24, 2.45) is 57.2 Å². The van der Waals surface area contributed by atoms with E-state index in [9.17, 15) is 24.6 Å². The zero-order valence-corrected chi connectivity index (χ0v) is 31.8. The Labute approximate surface area is 291 Å². The van der Waals surface area contributed by atoms with E-state index < -0.39 is 17.4 Å². The van der Waals surface area contributed by atoms with Crippen LogP contribution in [0.2, 0.25) is 0 Å².